The zero-order valence-corrected chi connectivity index (χ0v) is 13.0. The van der Waals surface area contributed by atoms with E-state index >= 15 is 0 Å². The van der Waals surface area contributed by atoms with Crippen LogP contribution in [0.15, 0.2) is 41.6 Å². The third kappa shape index (κ3) is 2.98. The summed E-state index contributed by atoms with van der Waals surface area (Å²) in [4.78, 5) is 29.9. The van der Waals surface area contributed by atoms with Gasteiger partial charge in [-0.25, -0.2) is 10.1 Å². The second kappa shape index (κ2) is 6.04. The Morgan fingerprint density at radius 1 is 1.30 bits per heavy atom. The fraction of sp³-hybridized carbons (Fsp3) is 0.250. The van der Waals surface area contributed by atoms with Gasteiger partial charge in [0.1, 0.15) is 0 Å². The zero-order valence-electron chi connectivity index (χ0n) is 13.0. The van der Waals surface area contributed by atoms with Crippen molar-refractivity contribution in [2.24, 2.45) is 7.05 Å². The minimum absolute atomic E-state index is 0.0732. The van der Waals surface area contributed by atoms with Gasteiger partial charge >= 0.3 is 0 Å². The number of fused-ring (bicyclic) bond motifs is 1. The number of nitrogens with one attached hydrogen (secondary N) is 1. The number of H-pyrrole nitrogens is 1. The van der Waals surface area contributed by atoms with Crippen LogP contribution in [-0.2, 0) is 24.8 Å². The third-order valence-electron chi connectivity index (χ3n) is 3.84. The number of imidazole rings is 1. The van der Waals surface area contributed by atoms with Gasteiger partial charge in [-0.3, -0.25) is 9.59 Å². The first-order chi connectivity index (χ1) is 11.1. The van der Waals surface area contributed by atoms with Crippen molar-refractivity contribution in [1.82, 2.24) is 24.6 Å². The van der Waals surface area contributed by atoms with Gasteiger partial charge in [-0.2, -0.15) is 5.10 Å². The summed E-state index contributed by atoms with van der Waals surface area (Å²) in [6.45, 7) is 0.469. The molecule has 0 radical (unpaired) electrons. The van der Waals surface area contributed by atoms with Crippen LogP contribution in [0, 0.1) is 0 Å². The molecule has 2 aromatic heterocycles. The van der Waals surface area contributed by atoms with Crippen LogP contribution in [0.25, 0.3) is 10.8 Å². The van der Waals surface area contributed by atoms with Crippen LogP contribution < -0.4 is 5.56 Å². The number of carbonyl (C=O) groups excluding carboxylic acids is 1. The van der Waals surface area contributed by atoms with Gasteiger partial charge in [0.05, 0.1) is 36.1 Å². The Kier molecular flexibility index (Phi) is 3.92. The Bertz CT molecular complexity index is 912. The molecule has 0 saturated carbocycles. The molecule has 118 valence electrons. The number of benzene rings is 1. The van der Waals surface area contributed by atoms with E-state index in [-0.39, 0.29) is 17.9 Å². The lowest BCUT2D eigenvalue weighted by atomic mass is 10.1. The number of aryl methyl sites for hydroxylation is 1. The molecule has 7 heteroatoms. The fourth-order valence-corrected chi connectivity index (χ4v) is 2.45. The van der Waals surface area contributed by atoms with E-state index in [1.807, 2.05) is 17.7 Å². The molecule has 0 spiro atoms. The van der Waals surface area contributed by atoms with E-state index in [0.29, 0.717) is 23.0 Å². The Labute approximate surface area is 132 Å². The van der Waals surface area contributed by atoms with Gasteiger partial charge in [-0.15, -0.1) is 0 Å². The fourth-order valence-electron chi connectivity index (χ4n) is 2.45. The molecule has 0 aliphatic rings. The van der Waals surface area contributed by atoms with E-state index in [2.05, 4.69) is 15.2 Å². The normalized spacial score (nSPS) is 10.9. The first-order valence-electron chi connectivity index (χ1n) is 7.21. The molecule has 0 aliphatic carbocycles. The number of hydrogen-bond donors (Lipinski definition) is 1. The topological polar surface area (TPSA) is 83.9 Å². The Morgan fingerprint density at radius 3 is 2.74 bits per heavy atom. The number of hydrogen-bond acceptors (Lipinski definition) is 4. The lowest BCUT2D eigenvalue weighted by Gasteiger charge is -2.17. The maximum Gasteiger partial charge on any atom is 0.272 e. The van der Waals surface area contributed by atoms with E-state index in [4.69, 9.17) is 0 Å². The third-order valence-corrected chi connectivity index (χ3v) is 3.84. The van der Waals surface area contributed by atoms with Crippen molar-refractivity contribution in [3.05, 3.63) is 58.5 Å². The van der Waals surface area contributed by atoms with Gasteiger partial charge in [0.2, 0.25) is 5.91 Å². The number of rotatable bonds is 4. The summed E-state index contributed by atoms with van der Waals surface area (Å²) in [6, 6.07) is 7.15. The molecule has 1 N–H and O–H groups in total. The first-order valence-corrected chi connectivity index (χ1v) is 7.21. The molecule has 23 heavy (non-hydrogen) atoms. The van der Waals surface area contributed by atoms with Crippen molar-refractivity contribution >= 4 is 16.7 Å². The Morgan fingerprint density at radius 2 is 2.04 bits per heavy atom. The number of likely N-dealkylation sites (N-methyl/N-ethyl adjacent to an activating group) is 1. The predicted molar refractivity (Wildman–Crippen MR) is 85.7 cm³/mol. The smallest absolute Gasteiger partial charge is 0.272 e. The summed E-state index contributed by atoms with van der Waals surface area (Å²) in [5.74, 6) is -0.0732. The van der Waals surface area contributed by atoms with Crippen molar-refractivity contribution in [2.45, 2.75) is 13.0 Å². The molecule has 0 fully saturated rings. The SMILES string of the molecule is CN(Cc1cncn1C)C(=O)Cc1n[nH]c(=O)c2ccccc12. The maximum absolute atomic E-state index is 12.4. The van der Waals surface area contributed by atoms with Crippen molar-refractivity contribution in [3.63, 3.8) is 0 Å². The summed E-state index contributed by atoms with van der Waals surface area (Å²) in [7, 11) is 3.63. The lowest BCUT2D eigenvalue weighted by Crippen LogP contribution is -2.29. The van der Waals surface area contributed by atoms with Crippen molar-refractivity contribution in [3.8, 4) is 0 Å². The molecule has 2 heterocycles. The van der Waals surface area contributed by atoms with Crippen LogP contribution in [0.4, 0.5) is 0 Å². The molecule has 0 unspecified atom stereocenters. The van der Waals surface area contributed by atoms with Crippen molar-refractivity contribution < 1.29 is 4.79 Å². The van der Waals surface area contributed by atoms with E-state index in [1.165, 1.54) is 0 Å². The van der Waals surface area contributed by atoms with E-state index in [9.17, 15) is 9.59 Å². The Hall–Kier alpha value is -2.96. The summed E-state index contributed by atoms with van der Waals surface area (Å²) in [5.41, 5.74) is 1.27. The highest BCUT2D eigenvalue weighted by atomic mass is 16.2. The van der Waals surface area contributed by atoms with Gasteiger partial charge in [0.25, 0.3) is 5.56 Å². The number of aromatic nitrogens is 4. The second-order valence-electron chi connectivity index (χ2n) is 5.47. The van der Waals surface area contributed by atoms with Gasteiger partial charge in [-0.1, -0.05) is 18.2 Å². The monoisotopic (exact) mass is 311 g/mol. The minimum atomic E-state index is -0.250. The maximum atomic E-state index is 12.4. The first kappa shape index (κ1) is 15.0. The molecule has 3 aromatic rings. The summed E-state index contributed by atoms with van der Waals surface area (Å²) in [5, 5.41) is 7.74. The average Bonchev–Trinajstić information content (AvgIpc) is 2.95. The van der Waals surface area contributed by atoms with Gasteiger partial charge in [-0.05, 0) is 6.07 Å². The number of nitrogens with zero attached hydrogens (tertiary/aromatic N) is 4. The molecular formula is C16H17N5O2. The molecule has 7 nitrogen and oxygen atoms in total. The van der Waals surface area contributed by atoms with Crippen LogP contribution >= 0.6 is 0 Å². The molecule has 0 bridgehead atoms. The van der Waals surface area contributed by atoms with Gasteiger partial charge in [0.15, 0.2) is 0 Å². The lowest BCUT2D eigenvalue weighted by molar-refractivity contribution is -0.129. The highest BCUT2D eigenvalue weighted by Gasteiger charge is 2.15. The standard InChI is InChI=1S/C16H17N5O2/c1-20(9-11-8-17-10-21(11)2)15(22)7-14-12-5-3-4-6-13(12)16(23)19-18-14/h3-6,8,10H,7,9H2,1-2H3,(H,19,23). The van der Waals surface area contributed by atoms with Gasteiger partial charge in [0, 0.05) is 25.7 Å². The van der Waals surface area contributed by atoms with Crippen molar-refractivity contribution in [2.75, 3.05) is 7.05 Å². The highest BCUT2D eigenvalue weighted by Crippen LogP contribution is 2.14. The van der Waals surface area contributed by atoms with Crippen LogP contribution in [-0.4, -0.2) is 37.6 Å². The number of carbonyl (C=O) groups is 1. The summed E-state index contributed by atoms with van der Waals surface area (Å²) in [6.07, 6.45) is 3.56. The number of amides is 1. The van der Waals surface area contributed by atoms with Crippen LogP contribution in [0.2, 0.25) is 0 Å². The molecule has 3 rings (SSSR count). The summed E-state index contributed by atoms with van der Waals surface area (Å²) >= 11 is 0. The van der Waals surface area contributed by atoms with Crippen LogP contribution in [0.1, 0.15) is 11.4 Å². The zero-order chi connectivity index (χ0) is 16.4. The minimum Gasteiger partial charge on any atom is -0.340 e. The molecule has 0 atom stereocenters. The number of aromatic amines is 1. The highest BCUT2D eigenvalue weighted by molar-refractivity contribution is 5.88. The molecule has 0 saturated heterocycles. The predicted octanol–water partition coefficient (Wildman–Crippen LogP) is 0.858. The van der Waals surface area contributed by atoms with Crippen molar-refractivity contribution in [1.29, 1.82) is 0 Å². The van der Waals surface area contributed by atoms with E-state index in [1.54, 1.807) is 42.7 Å². The molecular weight excluding hydrogens is 294 g/mol. The van der Waals surface area contributed by atoms with Crippen LogP contribution in [0.5, 0.6) is 0 Å². The van der Waals surface area contributed by atoms with Gasteiger partial charge < -0.3 is 9.47 Å². The van der Waals surface area contributed by atoms with E-state index in [0.717, 1.165) is 5.69 Å². The Balaban J connectivity index is 1.82. The second-order valence-corrected chi connectivity index (χ2v) is 5.47. The van der Waals surface area contributed by atoms with E-state index < -0.39 is 0 Å². The molecule has 1 aromatic carbocycles. The van der Waals surface area contributed by atoms with Crippen LogP contribution in [0.3, 0.4) is 0 Å². The quantitative estimate of drug-likeness (QED) is 0.774. The molecule has 0 aliphatic heterocycles. The summed E-state index contributed by atoms with van der Waals surface area (Å²) < 4.78 is 1.87. The largest absolute Gasteiger partial charge is 0.340 e. The molecule has 1 amide bonds. The average molecular weight is 311 g/mol.